The van der Waals surface area contributed by atoms with Crippen LogP contribution in [0.1, 0.15) is 68.7 Å². The number of nitrogens with one attached hydrogen (secondary N) is 1. The molecule has 4 rings (SSSR count). The number of unbranched alkanes of at least 4 members (excludes halogenated alkanes) is 2. The van der Waals surface area contributed by atoms with Gasteiger partial charge in [0.2, 0.25) is 0 Å². The highest BCUT2D eigenvalue weighted by atomic mass is 35.5. The van der Waals surface area contributed by atoms with Crippen molar-refractivity contribution in [2.75, 3.05) is 19.8 Å². The van der Waals surface area contributed by atoms with Gasteiger partial charge in [0.1, 0.15) is 0 Å². The molecule has 206 valence electrons. The second-order valence-electron chi connectivity index (χ2n) is 9.79. The number of aliphatic hydroxyl groups excluding tert-OH is 1. The fraction of sp³-hybridized carbons (Fsp3) is 0.517. The van der Waals surface area contributed by atoms with Gasteiger partial charge in [0.05, 0.1) is 19.3 Å². The van der Waals surface area contributed by atoms with E-state index in [0.717, 1.165) is 42.4 Å². The molecule has 2 aliphatic rings. The van der Waals surface area contributed by atoms with E-state index in [1.165, 1.54) is 0 Å². The number of hydrogen-bond acceptors (Lipinski definition) is 8. The Morgan fingerprint density at radius 2 is 1.68 bits per heavy atom. The van der Waals surface area contributed by atoms with E-state index in [-0.39, 0.29) is 19.3 Å². The molecule has 1 aliphatic heterocycles. The summed E-state index contributed by atoms with van der Waals surface area (Å²) < 4.78 is 22.5. The van der Waals surface area contributed by atoms with Crippen molar-refractivity contribution in [1.82, 2.24) is 5.32 Å². The van der Waals surface area contributed by atoms with Crippen LogP contribution in [0.25, 0.3) is 0 Å². The van der Waals surface area contributed by atoms with Gasteiger partial charge < -0.3 is 29.4 Å². The number of hydrogen-bond donors (Lipinski definition) is 2. The standard InChI is InChI=1S/C29H36ClNO7/c1-3-5-12-35-27(33)29(28(34)36-13-6-4-2)37-25-16-19-10-11-23(15-21(19)17-26(25)38-29)31-18-24(32)20-8-7-9-22(30)14-20/h7-9,14,16-17,23-24,31-32H,3-6,10-13,15,18H2,1-2H3/t23?,24-/m1/s1. The van der Waals surface area contributed by atoms with Crippen LogP contribution >= 0.6 is 11.6 Å². The van der Waals surface area contributed by atoms with Crippen molar-refractivity contribution in [2.24, 2.45) is 0 Å². The Kier molecular flexibility index (Phi) is 9.52. The fourth-order valence-corrected chi connectivity index (χ4v) is 4.80. The minimum absolute atomic E-state index is 0.138. The van der Waals surface area contributed by atoms with Crippen molar-refractivity contribution in [3.63, 3.8) is 0 Å². The molecule has 0 saturated heterocycles. The highest BCUT2D eigenvalue weighted by Crippen LogP contribution is 2.44. The largest absolute Gasteiger partial charge is 0.459 e. The van der Waals surface area contributed by atoms with Crippen molar-refractivity contribution >= 4 is 23.5 Å². The zero-order valence-electron chi connectivity index (χ0n) is 22.0. The lowest BCUT2D eigenvalue weighted by Crippen LogP contribution is -2.56. The Balaban J connectivity index is 1.45. The van der Waals surface area contributed by atoms with Gasteiger partial charge >= 0.3 is 17.7 Å². The van der Waals surface area contributed by atoms with E-state index in [4.69, 9.17) is 30.5 Å². The number of carbonyl (C=O) groups excluding carboxylic acids is 2. The van der Waals surface area contributed by atoms with Gasteiger partial charge in [-0.25, -0.2) is 9.59 Å². The second-order valence-corrected chi connectivity index (χ2v) is 10.2. The average Bonchev–Trinajstić information content (AvgIpc) is 3.30. The van der Waals surface area contributed by atoms with Crippen molar-refractivity contribution < 1.29 is 33.6 Å². The number of carbonyl (C=O) groups is 2. The lowest BCUT2D eigenvalue weighted by molar-refractivity contribution is -0.202. The highest BCUT2D eigenvalue weighted by molar-refractivity contribution is 6.30. The van der Waals surface area contributed by atoms with Gasteiger partial charge in [-0.05, 0) is 73.1 Å². The van der Waals surface area contributed by atoms with E-state index >= 15 is 0 Å². The maximum atomic E-state index is 13.0. The number of rotatable bonds is 12. The number of benzene rings is 2. The number of aryl methyl sites for hydroxylation is 1. The van der Waals surface area contributed by atoms with E-state index in [0.29, 0.717) is 42.3 Å². The zero-order valence-corrected chi connectivity index (χ0v) is 22.7. The SMILES string of the molecule is CCCCOC(=O)C1(C(=O)OCCCC)Oc2cc3c(cc2O1)CC(NC[C@@H](O)c1cccc(Cl)c1)CC3. The Morgan fingerprint density at radius 3 is 2.29 bits per heavy atom. The average molecular weight is 546 g/mol. The number of esters is 2. The molecule has 9 heteroatoms. The molecule has 1 heterocycles. The lowest BCUT2D eigenvalue weighted by atomic mass is 9.87. The highest BCUT2D eigenvalue weighted by Gasteiger charge is 2.60. The molecule has 0 amide bonds. The smallest absolute Gasteiger partial charge is 0.453 e. The summed E-state index contributed by atoms with van der Waals surface area (Å²) in [7, 11) is 0. The van der Waals surface area contributed by atoms with Crippen LogP contribution < -0.4 is 14.8 Å². The van der Waals surface area contributed by atoms with Gasteiger partial charge in [-0.1, -0.05) is 50.4 Å². The molecule has 0 radical (unpaired) electrons. The molecule has 1 aliphatic carbocycles. The molecule has 0 bridgehead atoms. The quantitative estimate of drug-likeness (QED) is 0.225. The first-order valence-corrected chi connectivity index (χ1v) is 13.8. The van der Waals surface area contributed by atoms with Crippen LogP contribution in [0.5, 0.6) is 11.5 Å². The van der Waals surface area contributed by atoms with Gasteiger partial charge in [0.15, 0.2) is 11.5 Å². The molecular formula is C29H36ClNO7. The Labute approximate surface area is 228 Å². The summed E-state index contributed by atoms with van der Waals surface area (Å²) in [5, 5.41) is 14.6. The topological polar surface area (TPSA) is 103 Å². The van der Waals surface area contributed by atoms with Crippen molar-refractivity contribution in [2.45, 2.75) is 76.7 Å². The van der Waals surface area contributed by atoms with Gasteiger partial charge in [-0.2, -0.15) is 0 Å². The first kappa shape index (κ1) is 28.2. The number of ether oxygens (including phenoxy) is 4. The zero-order chi connectivity index (χ0) is 27.1. The lowest BCUT2D eigenvalue weighted by Gasteiger charge is -2.27. The summed E-state index contributed by atoms with van der Waals surface area (Å²) in [6.07, 6.45) is 4.64. The first-order chi connectivity index (χ1) is 18.4. The summed E-state index contributed by atoms with van der Waals surface area (Å²) in [4.78, 5) is 26.1. The third-order valence-corrected chi connectivity index (χ3v) is 7.07. The Bertz CT molecular complexity index is 1120. The molecule has 0 saturated carbocycles. The minimum Gasteiger partial charge on any atom is -0.459 e. The monoisotopic (exact) mass is 545 g/mol. The van der Waals surface area contributed by atoms with Crippen LogP contribution in [0, 0.1) is 0 Å². The molecule has 0 aromatic heterocycles. The van der Waals surface area contributed by atoms with Crippen LogP contribution in [0.3, 0.4) is 0 Å². The molecule has 0 spiro atoms. The van der Waals surface area contributed by atoms with Crippen LogP contribution in [0.4, 0.5) is 0 Å². The van der Waals surface area contributed by atoms with E-state index in [1.54, 1.807) is 12.1 Å². The normalized spacial score (nSPS) is 17.9. The maximum absolute atomic E-state index is 13.0. The van der Waals surface area contributed by atoms with E-state index in [2.05, 4.69) is 5.32 Å². The Morgan fingerprint density at radius 1 is 1.05 bits per heavy atom. The van der Waals surface area contributed by atoms with E-state index < -0.39 is 23.8 Å². The van der Waals surface area contributed by atoms with Crippen LogP contribution in [-0.2, 0) is 31.9 Å². The summed E-state index contributed by atoms with van der Waals surface area (Å²) >= 11 is 6.05. The summed E-state index contributed by atoms with van der Waals surface area (Å²) in [6.45, 7) is 4.67. The molecular weight excluding hydrogens is 510 g/mol. The molecule has 1 unspecified atom stereocenters. The van der Waals surface area contributed by atoms with Crippen LogP contribution in [0.15, 0.2) is 36.4 Å². The molecule has 8 nitrogen and oxygen atoms in total. The molecule has 0 fully saturated rings. The van der Waals surface area contributed by atoms with Gasteiger partial charge in [-0.15, -0.1) is 0 Å². The predicted molar refractivity (Wildman–Crippen MR) is 142 cm³/mol. The van der Waals surface area contributed by atoms with Crippen molar-refractivity contribution in [3.05, 3.63) is 58.1 Å². The van der Waals surface area contributed by atoms with Crippen molar-refractivity contribution in [1.29, 1.82) is 0 Å². The van der Waals surface area contributed by atoms with Gasteiger partial charge in [0, 0.05) is 17.6 Å². The first-order valence-electron chi connectivity index (χ1n) is 13.4. The van der Waals surface area contributed by atoms with Crippen LogP contribution in [0.2, 0.25) is 5.02 Å². The maximum Gasteiger partial charge on any atom is 0.453 e. The van der Waals surface area contributed by atoms with Gasteiger partial charge in [-0.3, -0.25) is 0 Å². The fourth-order valence-electron chi connectivity index (χ4n) is 4.60. The molecule has 2 aromatic carbocycles. The minimum atomic E-state index is -2.30. The van der Waals surface area contributed by atoms with Crippen LogP contribution in [-0.4, -0.2) is 48.6 Å². The molecule has 2 aromatic rings. The molecule has 2 atom stereocenters. The summed E-state index contributed by atoms with van der Waals surface area (Å²) in [5.74, 6) is -3.48. The number of fused-ring (bicyclic) bond motifs is 2. The molecule has 2 N–H and O–H groups in total. The summed E-state index contributed by atoms with van der Waals surface area (Å²) in [6, 6.07) is 11.0. The van der Waals surface area contributed by atoms with Crippen molar-refractivity contribution in [3.8, 4) is 11.5 Å². The third-order valence-electron chi connectivity index (χ3n) is 6.83. The van der Waals surface area contributed by atoms with E-state index in [9.17, 15) is 14.7 Å². The predicted octanol–water partition coefficient (Wildman–Crippen LogP) is 4.67. The van der Waals surface area contributed by atoms with Gasteiger partial charge in [0.25, 0.3) is 0 Å². The second kappa shape index (κ2) is 12.8. The Hall–Kier alpha value is -2.81. The third kappa shape index (κ3) is 6.42. The molecule has 38 heavy (non-hydrogen) atoms. The number of halogens is 1. The van der Waals surface area contributed by atoms with E-state index in [1.807, 2.05) is 38.1 Å². The number of aliphatic hydroxyl groups is 1. The summed E-state index contributed by atoms with van der Waals surface area (Å²) in [5.41, 5.74) is 2.86.